The SMILES string of the molecule is CCN1CC[C@@H](C(F)(F)F)[C@@H](N)C1. The molecule has 1 aliphatic rings. The van der Waals surface area contributed by atoms with Crippen LogP contribution in [0, 0.1) is 5.92 Å². The minimum absolute atomic E-state index is 0.137. The van der Waals surface area contributed by atoms with E-state index in [1.165, 1.54) is 0 Å². The minimum atomic E-state index is -4.13. The van der Waals surface area contributed by atoms with Crippen LogP contribution in [0.25, 0.3) is 0 Å². The zero-order valence-electron chi connectivity index (χ0n) is 7.64. The van der Waals surface area contributed by atoms with Crippen molar-refractivity contribution >= 4 is 0 Å². The van der Waals surface area contributed by atoms with E-state index in [4.69, 9.17) is 5.73 Å². The van der Waals surface area contributed by atoms with Crippen LogP contribution >= 0.6 is 0 Å². The summed E-state index contributed by atoms with van der Waals surface area (Å²) in [6, 6.07) is -0.756. The van der Waals surface area contributed by atoms with Gasteiger partial charge in [0.2, 0.25) is 0 Å². The third-order valence-corrected chi connectivity index (χ3v) is 2.61. The Morgan fingerprint density at radius 2 is 2.08 bits per heavy atom. The topological polar surface area (TPSA) is 29.3 Å². The van der Waals surface area contributed by atoms with Crippen molar-refractivity contribution in [2.75, 3.05) is 19.6 Å². The van der Waals surface area contributed by atoms with Crippen LogP contribution in [0.2, 0.25) is 0 Å². The molecule has 0 amide bonds. The third-order valence-electron chi connectivity index (χ3n) is 2.61. The number of rotatable bonds is 1. The summed E-state index contributed by atoms with van der Waals surface area (Å²) in [6.45, 7) is 3.58. The number of hydrogen-bond acceptors (Lipinski definition) is 2. The summed E-state index contributed by atoms with van der Waals surface area (Å²) < 4.78 is 37.0. The van der Waals surface area contributed by atoms with E-state index in [9.17, 15) is 13.2 Å². The lowest BCUT2D eigenvalue weighted by Gasteiger charge is -2.36. The molecule has 0 aliphatic carbocycles. The van der Waals surface area contributed by atoms with Crippen LogP contribution in [0.4, 0.5) is 13.2 Å². The first kappa shape index (κ1) is 10.8. The predicted octanol–water partition coefficient (Wildman–Crippen LogP) is 1.22. The predicted molar refractivity (Wildman–Crippen MR) is 44.3 cm³/mol. The van der Waals surface area contributed by atoms with Gasteiger partial charge in [-0.25, -0.2) is 0 Å². The first-order valence-electron chi connectivity index (χ1n) is 4.49. The Morgan fingerprint density at radius 1 is 1.46 bits per heavy atom. The van der Waals surface area contributed by atoms with Crippen molar-refractivity contribution in [2.24, 2.45) is 11.7 Å². The number of nitrogens with zero attached hydrogens (tertiary/aromatic N) is 1. The molecule has 1 rings (SSSR count). The molecule has 0 radical (unpaired) electrons. The summed E-state index contributed by atoms with van der Waals surface area (Å²) in [4.78, 5) is 1.95. The highest BCUT2D eigenvalue weighted by molar-refractivity contribution is 4.86. The average Bonchev–Trinajstić information content (AvgIpc) is 2.01. The summed E-state index contributed by atoms with van der Waals surface area (Å²) in [5.74, 6) is -1.31. The van der Waals surface area contributed by atoms with Gasteiger partial charge >= 0.3 is 6.18 Å². The van der Waals surface area contributed by atoms with E-state index < -0.39 is 18.1 Å². The smallest absolute Gasteiger partial charge is 0.326 e. The molecule has 2 atom stereocenters. The van der Waals surface area contributed by atoms with Gasteiger partial charge in [0.25, 0.3) is 0 Å². The lowest BCUT2D eigenvalue weighted by atomic mass is 9.92. The molecule has 0 bridgehead atoms. The molecule has 13 heavy (non-hydrogen) atoms. The largest absolute Gasteiger partial charge is 0.393 e. The van der Waals surface area contributed by atoms with E-state index in [1.54, 1.807) is 0 Å². The van der Waals surface area contributed by atoms with Gasteiger partial charge in [-0.2, -0.15) is 13.2 Å². The number of hydrogen-bond donors (Lipinski definition) is 1. The molecule has 1 fully saturated rings. The van der Waals surface area contributed by atoms with E-state index in [0.717, 1.165) is 6.54 Å². The van der Waals surface area contributed by atoms with Crippen molar-refractivity contribution in [3.8, 4) is 0 Å². The summed E-state index contributed by atoms with van der Waals surface area (Å²) in [7, 11) is 0. The molecule has 0 aromatic rings. The fourth-order valence-corrected chi connectivity index (χ4v) is 1.75. The van der Waals surface area contributed by atoms with Crippen molar-refractivity contribution in [1.82, 2.24) is 4.90 Å². The molecule has 5 heteroatoms. The van der Waals surface area contributed by atoms with Gasteiger partial charge in [-0.15, -0.1) is 0 Å². The average molecular weight is 196 g/mol. The second kappa shape index (κ2) is 3.84. The Bertz CT molecular complexity index is 169. The number of alkyl halides is 3. The van der Waals surface area contributed by atoms with Gasteiger partial charge in [0.1, 0.15) is 0 Å². The molecule has 0 aromatic carbocycles. The van der Waals surface area contributed by atoms with Gasteiger partial charge in [0.15, 0.2) is 0 Å². The highest BCUT2D eigenvalue weighted by atomic mass is 19.4. The van der Waals surface area contributed by atoms with Crippen molar-refractivity contribution in [3.05, 3.63) is 0 Å². The number of nitrogens with two attached hydrogens (primary N) is 1. The monoisotopic (exact) mass is 196 g/mol. The quantitative estimate of drug-likeness (QED) is 0.683. The Labute approximate surface area is 75.9 Å². The summed E-state index contributed by atoms with van der Waals surface area (Å²) in [6.07, 6.45) is -3.99. The standard InChI is InChI=1S/C8H15F3N2/c1-2-13-4-3-6(7(12)5-13)8(9,10)11/h6-7H,2-5,12H2,1H3/t6-,7+/m1/s1. The maximum Gasteiger partial charge on any atom is 0.393 e. The second-order valence-corrected chi connectivity index (χ2v) is 3.49. The van der Waals surface area contributed by atoms with Crippen LogP contribution in [0.5, 0.6) is 0 Å². The zero-order chi connectivity index (χ0) is 10.1. The van der Waals surface area contributed by atoms with Gasteiger partial charge in [0.05, 0.1) is 5.92 Å². The molecule has 0 aromatic heterocycles. The number of likely N-dealkylation sites (tertiary alicyclic amines) is 1. The van der Waals surface area contributed by atoms with Crippen LogP contribution in [-0.4, -0.2) is 36.8 Å². The van der Waals surface area contributed by atoms with Crippen molar-refractivity contribution in [2.45, 2.75) is 25.6 Å². The van der Waals surface area contributed by atoms with E-state index in [-0.39, 0.29) is 6.42 Å². The van der Waals surface area contributed by atoms with Crippen molar-refractivity contribution in [3.63, 3.8) is 0 Å². The number of halogens is 3. The van der Waals surface area contributed by atoms with Gasteiger partial charge in [0, 0.05) is 12.6 Å². The van der Waals surface area contributed by atoms with E-state index in [2.05, 4.69) is 0 Å². The first-order chi connectivity index (χ1) is 5.95. The van der Waals surface area contributed by atoms with Gasteiger partial charge in [-0.3, -0.25) is 0 Å². The highest BCUT2D eigenvalue weighted by Gasteiger charge is 2.45. The Balaban J connectivity index is 2.53. The van der Waals surface area contributed by atoms with Gasteiger partial charge in [-0.1, -0.05) is 6.92 Å². The zero-order valence-corrected chi connectivity index (χ0v) is 7.64. The highest BCUT2D eigenvalue weighted by Crippen LogP contribution is 2.33. The van der Waals surface area contributed by atoms with Crippen LogP contribution in [0.15, 0.2) is 0 Å². The Kier molecular flexibility index (Phi) is 3.18. The van der Waals surface area contributed by atoms with Crippen LogP contribution in [-0.2, 0) is 0 Å². The van der Waals surface area contributed by atoms with Crippen LogP contribution < -0.4 is 5.73 Å². The van der Waals surface area contributed by atoms with Crippen LogP contribution in [0.3, 0.4) is 0 Å². The normalized spacial score (nSPS) is 32.1. The fraction of sp³-hybridized carbons (Fsp3) is 1.00. The van der Waals surface area contributed by atoms with Gasteiger partial charge in [-0.05, 0) is 19.5 Å². The fourth-order valence-electron chi connectivity index (χ4n) is 1.75. The molecule has 0 spiro atoms. The van der Waals surface area contributed by atoms with E-state index in [1.807, 2.05) is 11.8 Å². The molecule has 2 nitrogen and oxygen atoms in total. The second-order valence-electron chi connectivity index (χ2n) is 3.49. The van der Waals surface area contributed by atoms with Crippen molar-refractivity contribution in [1.29, 1.82) is 0 Å². The third kappa shape index (κ3) is 2.57. The first-order valence-corrected chi connectivity index (χ1v) is 4.49. The molecular formula is C8H15F3N2. The molecular weight excluding hydrogens is 181 g/mol. The van der Waals surface area contributed by atoms with Gasteiger partial charge < -0.3 is 10.6 Å². The summed E-state index contributed by atoms with van der Waals surface area (Å²) in [5, 5.41) is 0. The molecule has 1 saturated heterocycles. The lowest BCUT2D eigenvalue weighted by Crippen LogP contribution is -2.52. The summed E-state index contributed by atoms with van der Waals surface area (Å²) in [5.41, 5.74) is 5.47. The van der Waals surface area contributed by atoms with Crippen LogP contribution in [0.1, 0.15) is 13.3 Å². The molecule has 2 N–H and O–H groups in total. The van der Waals surface area contributed by atoms with E-state index in [0.29, 0.717) is 13.1 Å². The molecule has 0 unspecified atom stereocenters. The molecule has 1 aliphatic heterocycles. The molecule has 1 heterocycles. The minimum Gasteiger partial charge on any atom is -0.326 e. The molecule has 78 valence electrons. The maximum atomic E-state index is 12.3. The lowest BCUT2D eigenvalue weighted by molar-refractivity contribution is -0.189. The summed E-state index contributed by atoms with van der Waals surface area (Å²) >= 11 is 0. The van der Waals surface area contributed by atoms with E-state index >= 15 is 0 Å². The Morgan fingerprint density at radius 3 is 2.46 bits per heavy atom. The number of piperidine rings is 1. The molecule has 0 saturated carbocycles. The Hall–Kier alpha value is -0.290. The van der Waals surface area contributed by atoms with Crippen molar-refractivity contribution < 1.29 is 13.2 Å². The maximum absolute atomic E-state index is 12.3. The number of likely N-dealkylation sites (N-methyl/N-ethyl adjacent to an activating group) is 1.